The topological polar surface area (TPSA) is 102 Å². The van der Waals surface area contributed by atoms with Crippen LogP contribution < -0.4 is 15.0 Å². The van der Waals surface area contributed by atoms with Crippen LogP contribution in [0.25, 0.3) is 0 Å². The Morgan fingerprint density at radius 2 is 1.46 bits per heavy atom. The molecule has 1 aliphatic heterocycles. The summed E-state index contributed by atoms with van der Waals surface area (Å²) in [6.45, 7) is 5.58. The number of carbonyl (C=O) groups excluding carboxylic acids is 4. The van der Waals surface area contributed by atoms with E-state index in [9.17, 15) is 19.2 Å². The van der Waals surface area contributed by atoms with Crippen molar-refractivity contribution in [2.75, 3.05) is 17.3 Å². The zero-order chi connectivity index (χ0) is 29.3. The predicted octanol–water partition coefficient (Wildman–Crippen LogP) is 5.96. The van der Waals surface area contributed by atoms with Crippen molar-refractivity contribution in [3.8, 4) is 5.75 Å². The minimum absolute atomic E-state index is 0.0366. The molecule has 0 saturated carbocycles. The van der Waals surface area contributed by atoms with Crippen molar-refractivity contribution in [2.24, 2.45) is 0 Å². The van der Waals surface area contributed by atoms with Gasteiger partial charge in [0.15, 0.2) is 0 Å². The summed E-state index contributed by atoms with van der Waals surface area (Å²) >= 11 is 0. The van der Waals surface area contributed by atoms with E-state index in [4.69, 9.17) is 9.47 Å². The molecule has 1 atom stereocenters. The number of anilines is 2. The fourth-order valence-electron chi connectivity index (χ4n) is 4.74. The quantitative estimate of drug-likeness (QED) is 0.226. The van der Waals surface area contributed by atoms with Gasteiger partial charge in [0.05, 0.1) is 35.2 Å². The number of carbonyl (C=O) groups is 4. The first-order valence-electron chi connectivity index (χ1n) is 13.0. The summed E-state index contributed by atoms with van der Waals surface area (Å²) < 4.78 is 11.1. The summed E-state index contributed by atoms with van der Waals surface area (Å²) in [7, 11) is 1.50. The Kier molecular flexibility index (Phi) is 7.40. The first kappa shape index (κ1) is 27.3. The van der Waals surface area contributed by atoms with E-state index in [0.29, 0.717) is 22.7 Å². The number of aryl methyl sites for hydroxylation is 3. The van der Waals surface area contributed by atoms with Gasteiger partial charge in [0.1, 0.15) is 5.75 Å². The maximum Gasteiger partial charge on any atom is 0.339 e. The number of fused-ring (bicyclic) bond motifs is 1. The molecule has 206 valence electrons. The zero-order valence-corrected chi connectivity index (χ0v) is 23.1. The van der Waals surface area contributed by atoms with Crippen molar-refractivity contribution in [3.63, 3.8) is 0 Å². The Morgan fingerprint density at radius 1 is 0.780 bits per heavy atom. The third kappa shape index (κ3) is 5.32. The number of ether oxygens (including phenoxy) is 2. The van der Waals surface area contributed by atoms with Crippen LogP contribution in [0.4, 0.5) is 11.4 Å². The van der Waals surface area contributed by atoms with Gasteiger partial charge >= 0.3 is 5.97 Å². The molecule has 0 saturated heterocycles. The number of imide groups is 1. The molecule has 1 heterocycles. The second-order valence-electron chi connectivity index (χ2n) is 9.89. The minimum atomic E-state index is -1.30. The highest BCUT2D eigenvalue weighted by Crippen LogP contribution is 2.33. The standard InChI is InChI=1S/C33H28N2O6/c1-19-11-15-28(40-4)26(16-19)34-30(36)29(22-8-6-5-7-9-22)41-33(39)23-13-14-24-25(18-23)32(38)35(31(24)37)27-17-20(2)10-12-21(27)3/h5-18,29H,1-4H3,(H,34,36)/t29-/m1/s1. The van der Waals surface area contributed by atoms with Gasteiger partial charge in [-0.3, -0.25) is 14.4 Å². The van der Waals surface area contributed by atoms with Gasteiger partial charge < -0.3 is 14.8 Å². The molecule has 4 aromatic carbocycles. The first-order chi connectivity index (χ1) is 19.7. The highest BCUT2D eigenvalue weighted by molar-refractivity contribution is 6.35. The molecule has 5 rings (SSSR count). The van der Waals surface area contributed by atoms with Crippen LogP contribution in [0, 0.1) is 20.8 Å². The molecule has 0 radical (unpaired) electrons. The van der Waals surface area contributed by atoms with E-state index in [1.165, 1.54) is 25.3 Å². The van der Waals surface area contributed by atoms with Crippen LogP contribution in [0.3, 0.4) is 0 Å². The molecule has 0 spiro atoms. The lowest BCUT2D eigenvalue weighted by molar-refractivity contribution is -0.125. The monoisotopic (exact) mass is 548 g/mol. The van der Waals surface area contributed by atoms with E-state index in [-0.39, 0.29) is 16.7 Å². The Morgan fingerprint density at radius 3 is 2.20 bits per heavy atom. The first-order valence-corrected chi connectivity index (χ1v) is 13.0. The van der Waals surface area contributed by atoms with Gasteiger partial charge in [0, 0.05) is 5.56 Å². The van der Waals surface area contributed by atoms with Gasteiger partial charge in [-0.15, -0.1) is 0 Å². The molecule has 0 bridgehead atoms. The Labute approximate surface area is 237 Å². The third-order valence-corrected chi connectivity index (χ3v) is 6.91. The molecule has 0 fully saturated rings. The van der Waals surface area contributed by atoms with Crippen molar-refractivity contribution in [2.45, 2.75) is 26.9 Å². The summed E-state index contributed by atoms with van der Waals surface area (Å²) in [5.74, 6) is -1.94. The van der Waals surface area contributed by atoms with Crippen LogP contribution in [0.15, 0.2) is 84.9 Å². The molecule has 1 N–H and O–H groups in total. The molecule has 8 heteroatoms. The van der Waals surface area contributed by atoms with Gasteiger partial charge in [0.25, 0.3) is 17.7 Å². The van der Waals surface area contributed by atoms with Crippen molar-refractivity contribution < 1.29 is 28.7 Å². The average molecular weight is 549 g/mol. The highest BCUT2D eigenvalue weighted by atomic mass is 16.5. The number of rotatable bonds is 7. The molecule has 41 heavy (non-hydrogen) atoms. The van der Waals surface area contributed by atoms with Crippen molar-refractivity contribution in [3.05, 3.63) is 124 Å². The number of amides is 3. The second-order valence-corrected chi connectivity index (χ2v) is 9.89. The molecular formula is C33H28N2O6. The maximum absolute atomic E-state index is 13.5. The van der Waals surface area contributed by atoms with E-state index < -0.39 is 29.8 Å². The van der Waals surface area contributed by atoms with Crippen molar-refractivity contribution in [1.29, 1.82) is 0 Å². The fourth-order valence-corrected chi connectivity index (χ4v) is 4.74. The van der Waals surface area contributed by atoms with Gasteiger partial charge in [-0.25, -0.2) is 9.69 Å². The van der Waals surface area contributed by atoms with Crippen LogP contribution in [-0.2, 0) is 9.53 Å². The lowest BCUT2D eigenvalue weighted by Gasteiger charge is -2.19. The van der Waals surface area contributed by atoms with E-state index >= 15 is 0 Å². The van der Waals surface area contributed by atoms with Crippen LogP contribution in [0.5, 0.6) is 5.75 Å². The summed E-state index contributed by atoms with van der Waals surface area (Å²) in [6, 6.07) is 23.7. The number of hydrogen-bond donors (Lipinski definition) is 1. The third-order valence-electron chi connectivity index (χ3n) is 6.91. The summed E-state index contributed by atoms with van der Waals surface area (Å²) in [6.07, 6.45) is -1.30. The number of hydrogen-bond acceptors (Lipinski definition) is 6. The summed E-state index contributed by atoms with van der Waals surface area (Å²) in [4.78, 5) is 54.5. The van der Waals surface area contributed by atoms with Gasteiger partial charge in [-0.1, -0.05) is 48.5 Å². The second kappa shape index (κ2) is 11.1. The molecule has 1 aliphatic rings. The smallest absolute Gasteiger partial charge is 0.339 e. The van der Waals surface area contributed by atoms with Gasteiger partial charge in [-0.2, -0.15) is 0 Å². The minimum Gasteiger partial charge on any atom is -0.495 e. The van der Waals surface area contributed by atoms with Crippen LogP contribution in [-0.4, -0.2) is 30.8 Å². The number of nitrogens with zero attached hydrogens (tertiary/aromatic N) is 1. The maximum atomic E-state index is 13.5. The lowest BCUT2D eigenvalue weighted by Crippen LogP contribution is -2.30. The largest absolute Gasteiger partial charge is 0.495 e. The highest BCUT2D eigenvalue weighted by Gasteiger charge is 2.38. The van der Waals surface area contributed by atoms with Crippen molar-refractivity contribution >= 4 is 35.1 Å². The van der Waals surface area contributed by atoms with E-state index in [0.717, 1.165) is 21.6 Å². The van der Waals surface area contributed by atoms with Crippen LogP contribution in [0.1, 0.15) is 59.4 Å². The predicted molar refractivity (Wildman–Crippen MR) is 154 cm³/mol. The fraction of sp³-hybridized carbons (Fsp3) is 0.152. The molecule has 4 aromatic rings. The number of nitrogens with one attached hydrogen (secondary N) is 1. The van der Waals surface area contributed by atoms with Gasteiger partial charge in [-0.05, 0) is 73.9 Å². The zero-order valence-electron chi connectivity index (χ0n) is 23.1. The molecule has 0 aromatic heterocycles. The Hall–Kier alpha value is -5.24. The normalized spacial score (nSPS) is 13.0. The van der Waals surface area contributed by atoms with Crippen LogP contribution >= 0.6 is 0 Å². The van der Waals surface area contributed by atoms with E-state index in [1.807, 2.05) is 39.0 Å². The Bertz CT molecular complexity index is 1700. The molecule has 3 amide bonds. The molecule has 0 aliphatic carbocycles. The molecule has 0 unspecified atom stereocenters. The SMILES string of the molecule is COc1ccc(C)cc1NC(=O)[C@H](OC(=O)c1ccc2c(c1)C(=O)N(c1cc(C)ccc1C)C2=O)c1ccccc1. The number of methoxy groups -OCH3 is 1. The number of benzene rings is 4. The van der Waals surface area contributed by atoms with Crippen LogP contribution in [0.2, 0.25) is 0 Å². The van der Waals surface area contributed by atoms with E-state index in [2.05, 4.69) is 5.32 Å². The lowest BCUT2D eigenvalue weighted by atomic mass is 10.1. The molecular weight excluding hydrogens is 520 g/mol. The van der Waals surface area contributed by atoms with Crippen molar-refractivity contribution in [1.82, 2.24) is 0 Å². The van der Waals surface area contributed by atoms with Gasteiger partial charge in [0.2, 0.25) is 6.10 Å². The Balaban J connectivity index is 1.43. The number of esters is 1. The average Bonchev–Trinajstić information content (AvgIpc) is 3.22. The van der Waals surface area contributed by atoms with E-state index in [1.54, 1.807) is 48.5 Å². The summed E-state index contributed by atoms with van der Waals surface area (Å²) in [5, 5.41) is 2.80. The molecule has 8 nitrogen and oxygen atoms in total. The summed E-state index contributed by atoms with van der Waals surface area (Å²) in [5.41, 5.74) is 4.28.